The van der Waals surface area contributed by atoms with Crippen LogP contribution in [0.3, 0.4) is 0 Å². The van der Waals surface area contributed by atoms with Crippen molar-refractivity contribution >= 4 is 5.96 Å². The van der Waals surface area contributed by atoms with Gasteiger partial charge >= 0.3 is 6.18 Å². The highest BCUT2D eigenvalue weighted by Gasteiger charge is 2.27. The molecule has 1 aliphatic heterocycles. The third-order valence-electron chi connectivity index (χ3n) is 3.70. The maximum atomic E-state index is 12.0. The molecule has 0 aromatic carbocycles. The zero-order valence-electron chi connectivity index (χ0n) is 14.5. The second-order valence-corrected chi connectivity index (χ2v) is 6.49. The molecule has 0 aliphatic carbocycles. The van der Waals surface area contributed by atoms with Gasteiger partial charge in [0, 0.05) is 32.8 Å². The number of likely N-dealkylation sites (tertiary alicyclic amines) is 1. The van der Waals surface area contributed by atoms with Crippen LogP contribution in [0.1, 0.15) is 40.0 Å². The van der Waals surface area contributed by atoms with Gasteiger partial charge in [0.2, 0.25) is 0 Å². The average Bonchev–Trinajstić information content (AvgIpc) is 2.87. The van der Waals surface area contributed by atoms with E-state index in [0.717, 1.165) is 25.6 Å². The van der Waals surface area contributed by atoms with Gasteiger partial charge in [-0.15, -0.1) is 0 Å². The van der Waals surface area contributed by atoms with Crippen LogP contribution in [0, 0.1) is 11.8 Å². The first-order valence-electron chi connectivity index (χ1n) is 8.49. The van der Waals surface area contributed by atoms with Crippen LogP contribution in [0.4, 0.5) is 13.2 Å². The van der Waals surface area contributed by atoms with Crippen molar-refractivity contribution in [3.63, 3.8) is 0 Å². The van der Waals surface area contributed by atoms with Crippen molar-refractivity contribution < 1.29 is 17.9 Å². The molecule has 1 atom stereocenters. The summed E-state index contributed by atoms with van der Waals surface area (Å²) in [6.07, 6.45) is -1.36. The third kappa shape index (κ3) is 9.03. The summed E-state index contributed by atoms with van der Waals surface area (Å²) in [5, 5.41) is 3.27. The first kappa shape index (κ1) is 20.1. The van der Waals surface area contributed by atoms with E-state index in [1.807, 2.05) is 6.92 Å². The molecule has 0 amide bonds. The summed E-state index contributed by atoms with van der Waals surface area (Å²) in [4.78, 5) is 6.77. The molecule has 0 saturated carbocycles. The fraction of sp³-hybridized carbons (Fsp3) is 0.938. The predicted octanol–water partition coefficient (Wildman–Crippen LogP) is 3.29. The van der Waals surface area contributed by atoms with Gasteiger partial charge in [0.1, 0.15) is 6.61 Å². The molecule has 0 aromatic heterocycles. The van der Waals surface area contributed by atoms with Crippen molar-refractivity contribution in [2.75, 3.05) is 39.4 Å². The number of rotatable bonds is 8. The summed E-state index contributed by atoms with van der Waals surface area (Å²) in [5.74, 6) is 2.27. The van der Waals surface area contributed by atoms with Crippen molar-refractivity contribution in [1.82, 2.24) is 10.2 Å². The monoisotopic (exact) mass is 337 g/mol. The lowest BCUT2D eigenvalue weighted by atomic mass is 9.97. The van der Waals surface area contributed by atoms with E-state index in [2.05, 4.69) is 33.8 Å². The second kappa shape index (κ2) is 10.0. The van der Waals surface area contributed by atoms with Crippen LogP contribution in [0.5, 0.6) is 0 Å². The molecule has 1 aliphatic rings. The zero-order valence-corrected chi connectivity index (χ0v) is 14.5. The average molecular weight is 337 g/mol. The molecule has 136 valence electrons. The van der Waals surface area contributed by atoms with E-state index in [0.29, 0.717) is 24.8 Å². The number of halogens is 3. The molecule has 1 rings (SSSR count). The van der Waals surface area contributed by atoms with Gasteiger partial charge in [-0.25, -0.2) is 0 Å². The van der Waals surface area contributed by atoms with Gasteiger partial charge in [-0.1, -0.05) is 13.8 Å². The molecule has 4 nitrogen and oxygen atoms in total. The van der Waals surface area contributed by atoms with Gasteiger partial charge in [-0.3, -0.25) is 4.99 Å². The summed E-state index contributed by atoms with van der Waals surface area (Å²) in [6.45, 7) is 8.66. The van der Waals surface area contributed by atoms with E-state index in [1.165, 1.54) is 12.8 Å². The molecule has 1 N–H and O–H groups in total. The number of nitrogens with one attached hydrogen (secondary N) is 1. The molecule has 1 unspecified atom stereocenters. The van der Waals surface area contributed by atoms with Crippen LogP contribution >= 0.6 is 0 Å². The summed E-state index contributed by atoms with van der Waals surface area (Å²) in [5.41, 5.74) is 0. The molecular formula is C16H30F3N3O. The lowest BCUT2D eigenvalue weighted by Crippen LogP contribution is -2.40. The Morgan fingerprint density at radius 1 is 1.39 bits per heavy atom. The standard InChI is InChI=1S/C16H30F3N3O/c1-4-20-15(21-7-5-9-23-12-16(17,18)19)22-8-6-14(11-22)10-13(2)3/h13-14H,4-12H2,1-3H3,(H,20,21). The Morgan fingerprint density at radius 3 is 2.74 bits per heavy atom. The van der Waals surface area contributed by atoms with Gasteiger partial charge in [0.05, 0.1) is 0 Å². The van der Waals surface area contributed by atoms with Gasteiger partial charge in [0.15, 0.2) is 5.96 Å². The van der Waals surface area contributed by atoms with Crippen LogP contribution in [-0.4, -0.2) is 56.4 Å². The van der Waals surface area contributed by atoms with E-state index in [-0.39, 0.29) is 6.61 Å². The zero-order chi connectivity index (χ0) is 17.3. The largest absolute Gasteiger partial charge is 0.411 e. The third-order valence-corrected chi connectivity index (χ3v) is 3.70. The van der Waals surface area contributed by atoms with Crippen molar-refractivity contribution in [2.24, 2.45) is 16.8 Å². The van der Waals surface area contributed by atoms with Crippen LogP contribution in [-0.2, 0) is 4.74 Å². The van der Waals surface area contributed by atoms with Crippen LogP contribution in [0.25, 0.3) is 0 Å². The minimum atomic E-state index is -4.25. The van der Waals surface area contributed by atoms with E-state index in [1.54, 1.807) is 0 Å². The quantitative estimate of drug-likeness (QED) is 0.419. The second-order valence-electron chi connectivity index (χ2n) is 6.49. The number of ether oxygens (including phenoxy) is 1. The lowest BCUT2D eigenvalue weighted by molar-refractivity contribution is -0.173. The normalized spacial score (nSPS) is 19.7. The number of hydrogen-bond acceptors (Lipinski definition) is 2. The molecule has 1 fully saturated rings. The Hall–Kier alpha value is -0.980. The molecule has 1 saturated heterocycles. The van der Waals surface area contributed by atoms with E-state index < -0.39 is 12.8 Å². The minimum absolute atomic E-state index is 0.0817. The highest BCUT2D eigenvalue weighted by Crippen LogP contribution is 2.23. The lowest BCUT2D eigenvalue weighted by Gasteiger charge is -2.22. The first-order chi connectivity index (χ1) is 10.8. The van der Waals surface area contributed by atoms with Crippen LogP contribution in [0.15, 0.2) is 4.99 Å². The maximum Gasteiger partial charge on any atom is 0.411 e. The van der Waals surface area contributed by atoms with Gasteiger partial charge < -0.3 is 15.0 Å². The molecule has 23 heavy (non-hydrogen) atoms. The Kier molecular flexibility index (Phi) is 8.73. The molecule has 0 aromatic rings. The predicted molar refractivity (Wildman–Crippen MR) is 86.6 cm³/mol. The van der Waals surface area contributed by atoms with Crippen LogP contribution in [0.2, 0.25) is 0 Å². The Labute approximate surface area is 137 Å². The van der Waals surface area contributed by atoms with Crippen molar-refractivity contribution in [1.29, 1.82) is 0 Å². The van der Waals surface area contributed by atoms with Gasteiger partial charge in [-0.05, 0) is 38.0 Å². The van der Waals surface area contributed by atoms with E-state index >= 15 is 0 Å². The van der Waals surface area contributed by atoms with E-state index in [9.17, 15) is 13.2 Å². The number of nitrogens with zero attached hydrogens (tertiary/aromatic N) is 2. The van der Waals surface area contributed by atoms with Crippen molar-refractivity contribution in [2.45, 2.75) is 46.2 Å². The Bertz CT molecular complexity index is 359. The summed E-state index contributed by atoms with van der Waals surface area (Å²) in [7, 11) is 0. The summed E-state index contributed by atoms with van der Waals surface area (Å²) >= 11 is 0. The molecule has 0 radical (unpaired) electrons. The minimum Gasteiger partial charge on any atom is -0.372 e. The smallest absolute Gasteiger partial charge is 0.372 e. The fourth-order valence-corrected chi connectivity index (χ4v) is 2.85. The number of alkyl halides is 3. The fourth-order valence-electron chi connectivity index (χ4n) is 2.85. The highest BCUT2D eigenvalue weighted by molar-refractivity contribution is 5.80. The van der Waals surface area contributed by atoms with Crippen molar-refractivity contribution in [3.05, 3.63) is 0 Å². The number of hydrogen-bond donors (Lipinski definition) is 1. The van der Waals surface area contributed by atoms with Crippen molar-refractivity contribution in [3.8, 4) is 0 Å². The molecule has 0 bridgehead atoms. The molecule has 0 spiro atoms. The number of aliphatic imine (C=N–C) groups is 1. The Morgan fingerprint density at radius 2 is 2.13 bits per heavy atom. The summed E-state index contributed by atoms with van der Waals surface area (Å²) < 4.78 is 40.5. The topological polar surface area (TPSA) is 36.9 Å². The molecule has 1 heterocycles. The molecular weight excluding hydrogens is 307 g/mol. The number of guanidine groups is 1. The van der Waals surface area contributed by atoms with Gasteiger partial charge in [0.25, 0.3) is 0 Å². The first-order valence-corrected chi connectivity index (χ1v) is 8.49. The SMILES string of the molecule is CCNC(=NCCCOCC(F)(F)F)N1CCC(CC(C)C)C1. The molecule has 7 heteroatoms. The van der Waals surface area contributed by atoms with Gasteiger partial charge in [-0.2, -0.15) is 13.2 Å². The highest BCUT2D eigenvalue weighted by atomic mass is 19.4. The summed E-state index contributed by atoms with van der Waals surface area (Å²) in [6, 6.07) is 0. The Balaban J connectivity index is 2.33. The van der Waals surface area contributed by atoms with Crippen LogP contribution < -0.4 is 5.32 Å². The van der Waals surface area contributed by atoms with E-state index in [4.69, 9.17) is 0 Å². The maximum absolute atomic E-state index is 12.0.